The van der Waals surface area contributed by atoms with Gasteiger partial charge >= 0.3 is 5.97 Å². The molecule has 4 nitrogen and oxygen atoms in total. The molecular weight excluding hydrogens is 204 g/mol. The van der Waals surface area contributed by atoms with Crippen molar-refractivity contribution in [1.29, 1.82) is 0 Å². The van der Waals surface area contributed by atoms with Crippen molar-refractivity contribution in [3.8, 4) is 0 Å². The van der Waals surface area contributed by atoms with Crippen molar-refractivity contribution in [2.24, 2.45) is 0 Å². The van der Waals surface area contributed by atoms with Crippen LogP contribution in [0.3, 0.4) is 0 Å². The SMILES string of the molecule is CCCNC1(C(=O)OC)CCN(C2CC2)C1. The van der Waals surface area contributed by atoms with E-state index >= 15 is 0 Å². The quantitative estimate of drug-likeness (QED) is 0.703. The maximum Gasteiger partial charge on any atom is 0.327 e. The molecule has 0 aromatic heterocycles. The number of ether oxygens (including phenoxy) is 1. The minimum atomic E-state index is -0.437. The fourth-order valence-electron chi connectivity index (χ4n) is 2.53. The van der Waals surface area contributed by atoms with Gasteiger partial charge < -0.3 is 10.1 Å². The fraction of sp³-hybridized carbons (Fsp3) is 0.917. The lowest BCUT2D eigenvalue weighted by Crippen LogP contribution is -2.55. The number of esters is 1. The van der Waals surface area contributed by atoms with Crippen molar-refractivity contribution >= 4 is 5.97 Å². The number of hydrogen-bond donors (Lipinski definition) is 1. The first-order valence-corrected chi connectivity index (χ1v) is 6.29. The third kappa shape index (κ3) is 2.23. The molecule has 4 heteroatoms. The maximum absolute atomic E-state index is 11.9. The van der Waals surface area contributed by atoms with E-state index in [1.165, 1.54) is 20.0 Å². The highest BCUT2D eigenvalue weighted by molar-refractivity contribution is 5.81. The van der Waals surface area contributed by atoms with E-state index in [1.807, 2.05) is 0 Å². The Morgan fingerprint density at radius 2 is 2.31 bits per heavy atom. The molecule has 1 aliphatic carbocycles. The van der Waals surface area contributed by atoms with Gasteiger partial charge in [-0.1, -0.05) is 6.92 Å². The zero-order valence-corrected chi connectivity index (χ0v) is 10.3. The molecule has 92 valence electrons. The van der Waals surface area contributed by atoms with Crippen molar-refractivity contribution in [2.45, 2.75) is 44.2 Å². The van der Waals surface area contributed by atoms with Crippen molar-refractivity contribution in [3.05, 3.63) is 0 Å². The zero-order chi connectivity index (χ0) is 11.6. The first kappa shape index (κ1) is 11.9. The van der Waals surface area contributed by atoms with Crippen LogP contribution in [0.25, 0.3) is 0 Å². The Kier molecular flexibility index (Phi) is 3.50. The molecule has 0 aromatic rings. The van der Waals surface area contributed by atoms with Crippen LogP contribution in [-0.2, 0) is 9.53 Å². The Bertz CT molecular complexity index is 266. The molecule has 1 N–H and O–H groups in total. The minimum Gasteiger partial charge on any atom is -0.468 e. The Morgan fingerprint density at radius 1 is 1.56 bits per heavy atom. The second-order valence-electron chi connectivity index (χ2n) is 4.95. The van der Waals surface area contributed by atoms with Crippen LogP contribution in [0.2, 0.25) is 0 Å². The lowest BCUT2D eigenvalue weighted by Gasteiger charge is -2.27. The highest BCUT2D eigenvalue weighted by Gasteiger charge is 2.48. The van der Waals surface area contributed by atoms with Crippen LogP contribution in [0.4, 0.5) is 0 Å². The standard InChI is InChI=1S/C12H22N2O2/c1-3-7-13-12(11(15)16-2)6-8-14(9-12)10-4-5-10/h10,13H,3-9H2,1-2H3. The van der Waals surface area contributed by atoms with Gasteiger partial charge in [-0.15, -0.1) is 0 Å². The predicted octanol–water partition coefficient (Wildman–Crippen LogP) is 0.766. The molecule has 0 amide bonds. The Morgan fingerprint density at radius 3 is 2.88 bits per heavy atom. The van der Waals surface area contributed by atoms with E-state index in [9.17, 15) is 4.79 Å². The lowest BCUT2D eigenvalue weighted by atomic mass is 9.98. The minimum absolute atomic E-state index is 0.0934. The molecular formula is C12H22N2O2. The summed E-state index contributed by atoms with van der Waals surface area (Å²) in [6.45, 7) is 4.85. The number of hydrogen-bond acceptors (Lipinski definition) is 4. The molecule has 0 spiro atoms. The highest BCUT2D eigenvalue weighted by atomic mass is 16.5. The summed E-state index contributed by atoms with van der Waals surface area (Å²) >= 11 is 0. The fourth-order valence-corrected chi connectivity index (χ4v) is 2.53. The molecule has 0 bridgehead atoms. The second-order valence-corrected chi connectivity index (χ2v) is 4.95. The topological polar surface area (TPSA) is 41.6 Å². The molecule has 2 rings (SSSR count). The van der Waals surface area contributed by atoms with Gasteiger partial charge in [0.15, 0.2) is 0 Å². The molecule has 1 atom stereocenters. The van der Waals surface area contributed by atoms with Crippen molar-refractivity contribution in [3.63, 3.8) is 0 Å². The molecule has 2 aliphatic rings. The number of methoxy groups -OCH3 is 1. The Labute approximate surface area is 97.3 Å². The van der Waals surface area contributed by atoms with Crippen LogP contribution in [-0.4, -0.2) is 49.2 Å². The normalized spacial score (nSPS) is 30.6. The average molecular weight is 226 g/mol. The van der Waals surface area contributed by atoms with E-state index in [4.69, 9.17) is 4.74 Å². The molecule has 1 saturated heterocycles. The summed E-state index contributed by atoms with van der Waals surface area (Å²) in [7, 11) is 1.48. The van der Waals surface area contributed by atoms with Crippen LogP contribution >= 0.6 is 0 Å². The third-order valence-corrected chi connectivity index (χ3v) is 3.65. The Hall–Kier alpha value is -0.610. The van der Waals surface area contributed by atoms with Crippen molar-refractivity contribution in [2.75, 3.05) is 26.7 Å². The number of carbonyl (C=O) groups is 1. The zero-order valence-electron chi connectivity index (χ0n) is 10.3. The van der Waals surface area contributed by atoms with Gasteiger partial charge in [0, 0.05) is 19.1 Å². The number of carbonyl (C=O) groups excluding carboxylic acids is 1. The van der Waals surface area contributed by atoms with Crippen LogP contribution < -0.4 is 5.32 Å². The van der Waals surface area contributed by atoms with E-state index < -0.39 is 5.54 Å². The summed E-state index contributed by atoms with van der Waals surface area (Å²) in [5, 5.41) is 3.39. The number of likely N-dealkylation sites (tertiary alicyclic amines) is 1. The van der Waals surface area contributed by atoms with Crippen LogP contribution in [0.1, 0.15) is 32.6 Å². The first-order chi connectivity index (χ1) is 7.72. The smallest absolute Gasteiger partial charge is 0.327 e. The second kappa shape index (κ2) is 4.72. The van der Waals surface area contributed by atoms with Crippen LogP contribution in [0.5, 0.6) is 0 Å². The lowest BCUT2D eigenvalue weighted by molar-refractivity contribution is -0.148. The van der Waals surface area contributed by atoms with E-state index in [2.05, 4.69) is 17.1 Å². The molecule has 1 saturated carbocycles. The highest BCUT2D eigenvalue weighted by Crippen LogP contribution is 2.33. The summed E-state index contributed by atoms with van der Waals surface area (Å²) in [4.78, 5) is 14.3. The summed E-state index contributed by atoms with van der Waals surface area (Å²) < 4.78 is 4.95. The van der Waals surface area contributed by atoms with Gasteiger partial charge in [-0.2, -0.15) is 0 Å². The van der Waals surface area contributed by atoms with Gasteiger partial charge in [0.05, 0.1) is 7.11 Å². The van der Waals surface area contributed by atoms with Crippen LogP contribution in [0.15, 0.2) is 0 Å². The number of rotatable bonds is 5. The van der Waals surface area contributed by atoms with E-state index in [-0.39, 0.29) is 5.97 Å². The van der Waals surface area contributed by atoms with Gasteiger partial charge in [0.1, 0.15) is 5.54 Å². The molecule has 1 heterocycles. The van der Waals surface area contributed by atoms with Gasteiger partial charge in [-0.3, -0.25) is 9.69 Å². The molecule has 2 fully saturated rings. The first-order valence-electron chi connectivity index (χ1n) is 6.29. The number of nitrogens with zero attached hydrogens (tertiary/aromatic N) is 1. The molecule has 1 unspecified atom stereocenters. The van der Waals surface area contributed by atoms with Crippen LogP contribution in [0, 0.1) is 0 Å². The predicted molar refractivity (Wildman–Crippen MR) is 62.3 cm³/mol. The summed E-state index contributed by atoms with van der Waals surface area (Å²) in [6.07, 6.45) is 4.52. The van der Waals surface area contributed by atoms with Gasteiger partial charge in [-0.25, -0.2) is 0 Å². The monoisotopic (exact) mass is 226 g/mol. The van der Waals surface area contributed by atoms with Gasteiger partial charge in [0.25, 0.3) is 0 Å². The largest absolute Gasteiger partial charge is 0.468 e. The molecule has 16 heavy (non-hydrogen) atoms. The Balaban J connectivity index is 2.00. The van der Waals surface area contributed by atoms with E-state index in [0.717, 1.165) is 38.5 Å². The maximum atomic E-state index is 11.9. The molecule has 0 aromatic carbocycles. The third-order valence-electron chi connectivity index (χ3n) is 3.65. The van der Waals surface area contributed by atoms with Gasteiger partial charge in [0.2, 0.25) is 0 Å². The average Bonchev–Trinajstić information content (AvgIpc) is 3.07. The summed E-state index contributed by atoms with van der Waals surface area (Å²) in [5.41, 5.74) is -0.437. The summed E-state index contributed by atoms with van der Waals surface area (Å²) in [6, 6.07) is 0.731. The molecule has 0 radical (unpaired) electrons. The van der Waals surface area contributed by atoms with Crippen molar-refractivity contribution < 1.29 is 9.53 Å². The summed E-state index contributed by atoms with van der Waals surface area (Å²) in [5.74, 6) is -0.0934. The van der Waals surface area contributed by atoms with E-state index in [1.54, 1.807) is 0 Å². The number of nitrogens with one attached hydrogen (secondary N) is 1. The molecule has 1 aliphatic heterocycles. The van der Waals surface area contributed by atoms with Gasteiger partial charge in [-0.05, 0) is 32.2 Å². The van der Waals surface area contributed by atoms with Crippen molar-refractivity contribution in [1.82, 2.24) is 10.2 Å². The van der Waals surface area contributed by atoms with E-state index in [0.29, 0.717) is 0 Å².